The number of carbonyl (C=O) groups excluding carboxylic acids is 1. The number of furan rings is 1. The molecule has 2 aromatic heterocycles. The molecule has 2 heterocycles. The maximum atomic E-state index is 12.2. The number of aryl methyl sites for hydroxylation is 1. The number of nitrogens with zero attached hydrogens (tertiary/aromatic N) is 1. The molecular weight excluding hydrogens is 362 g/mol. The van der Waals surface area contributed by atoms with Crippen LogP contribution in [-0.4, -0.2) is 11.0 Å². The zero-order valence-corrected chi connectivity index (χ0v) is 15.2. The van der Waals surface area contributed by atoms with Gasteiger partial charge < -0.3 is 9.73 Å². The van der Waals surface area contributed by atoms with Gasteiger partial charge in [-0.25, -0.2) is 4.79 Å². The van der Waals surface area contributed by atoms with Crippen LogP contribution < -0.4 is 10.6 Å². The van der Waals surface area contributed by atoms with Gasteiger partial charge in [-0.3, -0.25) is 10.3 Å². The van der Waals surface area contributed by atoms with Gasteiger partial charge in [-0.2, -0.15) is 0 Å². The molecule has 27 heavy (non-hydrogen) atoms. The van der Waals surface area contributed by atoms with Crippen LogP contribution in [0.4, 0.5) is 16.4 Å². The smallest absolute Gasteiger partial charge is 0.326 e. The highest BCUT2D eigenvalue weighted by atomic mass is 35.5. The second-order valence-corrected chi connectivity index (χ2v) is 6.49. The minimum absolute atomic E-state index is 0.396. The second-order valence-electron chi connectivity index (χ2n) is 6.09. The summed E-state index contributed by atoms with van der Waals surface area (Å²) in [5.41, 5.74) is 2.97. The number of fused-ring (bicyclic) bond motifs is 1. The van der Waals surface area contributed by atoms with E-state index in [0.29, 0.717) is 16.6 Å². The lowest BCUT2D eigenvalue weighted by Crippen LogP contribution is -2.19. The van der Waals surface area contributed by atoms with Gasteiger partial charge in [-0.1, -0.05) is 35.9 Å². The Morgan fingerprint density at radius 2 is 1.93 bits per heavy atom. The number of rotatable bonds is 3. The van der Waals surface area contributed by atoms with Crippen LogP contribution in [0, 0.1) is 6.92 Å². The Balaban J connectivity index is 1.65. The molecule has 2 amide bonds. The molecule has 2 aromatic carbocycles. The van der Waals surface area contributed by atoms with Crippen molar-refractivity contribution in [2.75, 3.05) is 10.6 Å². The van der Waals surface area contributed by atoms with E-state index in [4.69, 9.17) is 16.0 Å². The van der Waals surface area contributed by atoms with E-state index >= 15 is 0 Å². The first kappa shape index (κ1) is 17.1. The third-order valence-electron chi connectivity index (χ3n) is 4.24. The number of aromatic nitrogens is 1. The van der Waals surface area contributed by atoms with E-state index in [9.17, 15) is 4.79 Å². The molecule has 0 aliphatic rings. The molecule has 0 radical (unpaired) electrons. The quantitative estimate of drug-likeness (QED) is 0.453. The van der Waals surface area contributed by atoms with Crippen molar-refractivity contribution in [2.45, 2.75) is 6.92 Å². The summed E-state index contributed by atoms with van der Waals surface area (Å²) in [5, 5.41) is 8.10. The summed E-state index contributed by atoms with van der Waals surface area (Å²) in [6.45, 7) is 1.85. The predicted octanol–water partition coefficient (Wildman–Crippen LogP) is 6.10. The molecule has 2 N–H and O–H groups in total. The first-order chi connectivity index (χ1) is 13.1. The van der Waals surface area contributed by atoms with Crippen molar-refractivity contribution in [3.8, 4) is 11.3 Å². The Morgan fingerprint density at radius 3 is 2.74 bits per heavy atom. The molecule has 0 spiro atoms. The summed E-state index contributed by atoms with van der Waals surface area (Å²) < 4.78 is 5.23. The standard InChI is InChI=1S/C21H16ClN3O2/c1-13-9-11-27-20(13)25-21(26)24-15-6-7-18(22)17(12-15)19-16-5-3-2-4-14(16)8-10-23-19/h2-12H,1H3,(H2,24,25,26). The van der Waals surface area contributed by atoms with Gasteiger partial charge in [0.25, 0.3) is 0 Å². The van der Waals surface area contributed by atoms with Crippen molar-refractivity contribution < 1.29 is 9.21 Å². The van der Waals surface area contributed by atoms with Crippen molar-refractivity contribution in [1.82, 2.24) is 4.98 Å². The number of benzene rings is 2. The number of urea groups is 1. The van der Waals surface area contributed by atoms with Crippen LogP contribution in [0.3, 0.4) is 0 Å². The largest absolute Gasteiger partial charge is 0.448 e. The van der Waals surface area contributed by atoms with E-state index < -0.39 is 6.03 Å². The van der Waals surface area contributed by atoms with Gasteiger partial charge in [0.1, 0.15) is 0 Å². The summed E-state index contributed by atoms with van der Waals surface area (Å²) in [6.07, 6.45) is 3.28. The average Bonchev–Trinajstić information content (AvgIpc) is 3.07. The van der Waals surface area contributed by atoms with Gasteiger partial charge in [0, 0.05) is 28.4 Å². The molecule has 4 aromatic rings. The summed E-state index contributed by atoms with van der Waals surface area (Å²) in [5.74, 6) is 0.414. The van der Waals surface area contributed by atoms with Crippen molar-refractivity contribution in [3.05, 3.63) is 77.6 Å². The maximum Gasteiger partial charge on any atom is 0.326 e. The third-order valence-corrected chi connectivity index (χ3v) is 4.57. The SMILES string of the molecule is Cc1ccoc1NC(=O)Nc1ccc(Cl)c(-c2nccc3ccccc23)c1. The summed E-state index contributed by atoms with van der Waals surface area (Å²) in [6, 6.07) is 16.6. The van der Waals surface area contributed by atoms with Crippen LogP contribution in [0.5, 0.6) is 0 Å². The van der Waals surface area contributed by atoms with Gasteiger partial charge >= 0.3 is 6.03 Å². The molecule has 0 saturated carbocycles. The summed E-state index contributed by atoms with van der Waals surface area (Å²) in [4.78, 5) is 16.7. The number of amides is 2. The Hall–Kier alpha value is -3.31. The van der Waals surface area contributed by atoms with Crippen LogP contribution in [0.2, 0.25) is 5.02 Å². The number of carbonyl (C=O) groups is 1. The van der Waals surface area contributed by atoms with E-state index in [2.05, 4.69) is 15.6 Å². The van der Waals surface area contributed by atoms with Crippen LogP contribution >= 0.6 is 11.6 Å². The van der Waals surface area contributed by atoms with Crippen molar-refractivity contribution in [2.24, 2.45) is 0 Å². The van der Waals surface area contributed by atoms with Gasteiger partial charge in [0.05, 0.1) is 17.0 Å². The summed E-state index contributed by atoms with van der Waals surface area (Å²) >= 11 is 6.42. The van der Waals surface area contributed by atoms with E-state index in [1.165, 1.54) is 6.26 Å². The molecule has 0 aliphatic carbocycles. The third kappa shape index (κ3) is 3.50. The summed E-state index contributed by atoms with van der Waals surface area (Å²) in [7, 11) is 0. The van der Waals surface area contributed by atoms with E-state index in [0.717, 1.165) is 27.6 Å². The molecule has 0 saturated heterocycles. The highest BCUT2D eigenvalue weighted by Gasteiger charge is 2.12. The van der Waals surface area contributed by atoms with Crippen molar-refractivity contribution >= 4 is 40.0 Å². The van der Waals surface area contributed by atoms with Crippen molar-refractivity contribution in [3.63, 3.8) is 0 Å². The average molecular weight is 378 g/mol. The predicted molar refractivity (Wildman–Crippen MR) is 108 cm³/mol. The minimum Gasteiger partial charge on any atom is -0.448 e. The molecular formula is C21H16ClN3O2. The van der Waals surface area contributed by atoms with E-state index in [1.54, 1.807) is 24.4 Å². The zero-order valence-electron chi connectivity index (χ0n) is 14.5. The first-order valence-corrected chi connectivity index (χ1v) is 8.75. The molecule has 0 fully saturated rings. The normalized spacial score (nSPS) is 10.7. The molecule has 134 valence electrons. The number of hydrogen-bond donors (Lipinski definition) is 2. The second kappa shape index (κ2) is 7.13. The fourth-order valence-corrected chi connectivity index (χ4v) is 3.09. The molecule has 4 rings (SSSR count). The zero-order chi connectivity index (χ0) is 18.8. The Labute approximate surface area is 161 Å². The number of hydrogen-bond acceptors (Lipinski definition) is 3. The van der Waals surface area contributed by atoms with E-state index in [-0.39, 0.29) is 0 Å². The lowest BCUT2D eigenvalue weighted by atomic mass is 10.0. The Morgan fingerprint density at radius 1 is 1.07 bits per heavy atom. The monoisotopic (exact) mass is 377 g/mol. The van der Waals surface area contributed by atoms with Crippen LogP contribution in [0.15, 0.2) is 71.5 Å². The lowest BCUT2D eigenvalue weighted by molar-refractivity contribution is 0.261. The highest BCUT2D eigenvalue weighted by Crippen LogP contribution is 2.33. The fourth-order valence-electron chi connectivity index (χ4n) is 2.89. The number of nitrogens with one attached hydrogen (secondary N) is 2. The molecule has 0 atom stereocenters. The van der Waals surface area contributed by atoms with Crippen LogP contribution in [-0.2, 0) is 0 Å². The molecule has 6 heteroatoms. The highest BCUT2D eigenvalue weighted by molar-refractivity contribution is 6.33. The maximum absolute atomic E-state index is 12.2. The van der Waals surface area contributed by atoms with E-state index in [1.807, 2.05) is 43.3 Å². The molecule has 0 unspecified atom stereocenters. The Bertz CT molecular complexity index is 1130. The van der Waals surface area contributed by atoms with Gasteiger partial charge in [0.15, 0.2) is 0 Å². The van der Waals surface area contributed by atoms with Gasteiger partial charge in [-0.05, 0) is 42.6 Å². The molecule has 0 bridgehead atoms. The Kier molecular flexibility index (Phi) is 4.52. The number of anilines is 2. The van der Waals surface area contributed by atoms with Crippen molar-refractivity contribution in [1.29, 1.82) is 0 Å². The van der Waals surface area contributed by atoms with Gasteiger partial charge in [-0.15, -0.1) is 0 Å². The number of halogens is 1. The minimum atomic E-state index is -0.396. The molecule has 5 nitrogen and oxygen atoms in total. The topological polar surface area (TPSA) is 67.2 Å². The van der Waals surface area contributed by atoms with Gasteiger partial charge in [0.2, 0.25) is 5.88 Å². The van der Waals surface area contributed by atoms with Crippen LogP contribution in [0.1, 0.15) is 5.56 Å². The van der Waals surface area contributed by atoms with Crippen LogP contribution in [0.25, 0.3) is 22.0 Å². The number of pyridine rings is 1. The lowest BCUT2D eigenvalue weighted by Gasteiger charge is -2.11. The molecule has 0 aliphatic heterocycles. The fraction of sp³-hybridized carbons (Fsp3) is 0.0476. The first-order valence-electron chi connectivity index (χ1n) is 8.37.